The van der Waals surface area contributed by atoms with E-state index in [2.05, 4.69) is 12.2 Å². The van der Waals surface area contributed by atoms with Gasteiger partial charge in [0.05, 0.1) is 19.1 Å². The summed E-state index contributed by atoms with van der Waals surface area (Å²) in [4.78, 5) is 28.4. The zero-order chi connectivity index (χ0) is 31.4. The molecule has 0 aromatic heterocycles. The summed E-state index contributed by atoms with van der Waals surface area (Å²) in [6, 6.07) is 13.3. The summed E-state index contributed by atoms with van der Waals surface area (Å²) in [5.74, 6) is -2.56. The minimum atomic E-state index is -1.04. The first-order valence-corrected chi connectivity index (χ1v) is 15.5. The van der Waals surface area contributed by atoms with Gasteiger partial charge in [0, 0.05) is 29.2 Å². The molecule has 0 saturated carbocycles. The number of carboxylic acids is 1. The topological polar surface area (TPSA) is 97.3 Å². The normalized spacial score (nSPS) is 19.2. The van der Waals surface area contributed by atoms with Crippen LogP contribution in [0.2, 0.25) is 5.02 Å². The van der Waals surface area contributed by atoms with E-state index in [1.807, 2.05) is 55.1 Å². The summed E-state index contributed by atoms with van der Waals surface area (Å²) in [5, 5.41) is 14.3. The molecule has 2 aliphatic heterocycles. The number of aliphatic carboxylic acids is 1. The number of carbonyl (C=O) groups is 2. The van der Waals surface area contributed by atoms with Gasteiger partial charge in [-0.2, -0.15) is 0 Å². The number of nitrogens with zero attached hydrogens (tertiary/aromatic N) is 1. The molecule has 1 unspecified atom stereocenters. The fourth-order valence-corrected chi connectivity index (χ4v) is 6.50. The van der Waals surface area contributed by atoms with Crippen molar-refractivity contribution in [1.82, 2.24) is 4.90 Å². The molecule has 10 heteroatoms. The average Bonchev–Trinajstić information content (AvgIpc) is 3.64. The number of likely N-dealkylation sites (tertiary alicyclic amines) is 1. The van der Waals surface area contributed by atoms with Gasteiger partial charge in [-0.1, -0.05) is 50.9 Å². The third-order valence-corrected chi connectivity index (χ3v) is 8.61. The van der Waals surface area contributed by atoms with Crippen LogP contribution in [0.1, 0.15) is 67.8 Å². The van der Waals surface area contributed by atoms with Crippen molar-refractivity contribution in [3.05, 3.63) is 81.6 Å². The molecule has 1 fully saturated rings. The molecular weight excluding hydrogens is 587 g/mol. The first kappa shape index (κ1) is 31.6. The maximum Gasteiger partial charge on any atom is 0.309 e. The van der Waals surface area contributed by atoms with Crippen molar-refractivity contribution in [3.63, 3.8) is 0 Å². The average molecular weight is 625 g/mol. The second-order valence-corrected chi connectivity index (χ2v) is 11.6. The Balaban J connectivity index is 1.48. The minimum absolute atomic E-state index is 0.0199. The van der Waals surface area contributed by atoms with Crippen LogP contribution in [0.15, 0.2) is 48.5 Å². The summed E-state index contributed by atoms with van der Waals surface area (Å²) in [5.41, 5.74) is 3.79. The van der Waals surface area contributed by atoms with E-state index in [1.54, 1.807) is 6.07 Å². The number of unbranched alkanes of at least 4 members (excludes halogenated alkanes) is 1. The highest BCUT2D eigenvalue weighted by molar-refractivity contribution is 6.30. The van der Waals surface area contributed by atoms with Crippen molar-refractivity contribution < 1.29 is 33.3 Å². The van der Waals surface area contributed by atoms with Crippen LogP contribution < -0.4 is 19.5 Å². The third-order valence-electron chi connectivity index (χ3n) is 8.39. The van der Waals surface area contributed by atoms with Gasteiger partial charge in [0.15, 0.2) is 11.6 Å². The lowest BCUT2D eigenvalue weighted by atomic mass is 9.82. The number of rotatable bonds is 12. The summed E-state index contributed by atoms with van der Waals surface area (Å²) in [7, 11) is 0. The third kappa shape index (κ3) is 6.64. The Kier molecular flexibility index (Phi) is 9.96. The summed E-state index contributed by atoms with van der Waals surface area (Å²) in [6.07, 6.45) is 3.30. The number of ether oxygens (including phenoxy) is 3. The van der Waals surface area contributed by atoms with Gasteiger partial charge < -0.3 is 24.6 Å². The molecule has 2 N–H and O–H groups in total. The Morgan fingerprint density at radius 3 is 2.39 bits per heavy atom. The first-order chi connectivity index (χ1) is 21.2. The van der Waals surface area contributed by atoms with Gasteiger partial charge in [-0.3, -0.25) is 14.5 Å². The second kappa shape index (κ2) is 13.9. The summed E-state index contributed by atoms with van der Waals surface area (Å²) < 4.78 is 31.5. The maximum absolute atomic E-state index is 15.0. The SMILES string of the molecule is CCCCOc1ccc([C@H]2C(C(=O)O)[C@@H](c3cc(F)c4c(c3)OCO4)CN2CC(=O)Nc2c(CC)cc(Cl)cc2CC)cc1. The number of fused-ring (bicyclic) bond motifs is 1. The van der Waals surface area contributed by atoms with Crippen LogP contribution in [-0.4, -0.2) is 48.4 Å². The van der Waals surface area contributed by atoms with Gasteiger partial charge in [-0.15, -0.1) is 0 Å². The molecule has 8 nitrogen and oxygen atoms in total. The van der Waals surface area contributed by atoms with Crippen LogP contribution in [0.25, 0.3) is 0 Å². The Bertz CT molecular complexity index is 1490. The fourth-order valence-electron chi connectivity index (χ4n) is 6.23. The minimum Gasteiger partial charge on any atom is -0.494 e. The van der Waals surface area contributed by atoms with Crippen LogP contribution in [0.3, 0.4) is 0 Å². The number of benzene rings is 3. The van der Waals surface area contributed by atoms with Gasteiger partial charge in [-0.25, -0.2) is 4.39 Å². The first-order valence-electron chi connectivity index (χ1n) is 15.1. The molecule has 3 atom stereocenters. The number of hydrogen-bond donors (Lipinski definition) is 2. The van der Waals surface area contributed by atoms with Crippen molar-refractivity contribution in [1.29, 1.82) is 0 Å². The molecule has 0 bridgehead atoms. The Morgan fingerprint density at radius 1 is 1.05 bits per heavy atom. The number of hydrogen-bond acceptors (Lipinski definition) is 6. The number of halogens is 2. The predicted octanol–water partition coefficient (Wildman–Crippen LogP) is 6.99. The summed E-state index contributed by atoms with van der Waals surface area (Å²) >= 11 is 6.32. The van der Waals surface area contributed by atoms with E-state index in [9.17, 15) is 19.1 Å². The van der Waals surface area contributed by atoms with Gasteiger partial charge in [0.25, 0.3) is 0 Å². The smallest absolute Gasteiger partial charge is 0.309 e. The van der Waals surface area contributed by atoms with E-state index in [4.69, 9.17) is 25.8 Å². The van der Waals surface area contributed by atoms with E-state index in [-0.39, 0.29) is 37.3 Å². The van der Waals surface area contributed by atoms with Crippen LogP contribution >= 0.6 is 11.6 Å². The maximum atomic E-state index is 15.0. The van der Waals surface area contributed by atoms with E-state index < -0.39 is 29.7 Å². The van der Waals surface area contributed by atoms with Gasteiger partial charge in [0.2, 0.25) is 18.4 Å². The Labute approximate surface area is 262 Å². The monoisotopic (exact) mass is 624 g/mol. The van der Waals surface area contributed by atoms with Crippen molar-refractivity contribution in [2.24, 2.45) is 5.92 Å². The molecule has 5 rings (SSSR count). The van der Waals surface area contributed by atoms with Crippen molar-refractivity contribution in [2.75, 3.05) is 31.8 Å². The number of nitrogens with one attached hydrogen (secondary N) is 1. The molecule has 0 spiro atoms. The lowest BCUT2D eigenvalue weighted by Gasteiger charge is -2.27. The van der Waals surface area contributed by atoms with E-state index in [0.717, 1.165) is 35.2 Å². The molecule has 1 saturated heterocycles. The van der Waals surface area contributed by atoms with Crippen molar-refractivity contribution in [2.45, 2.75) is 58.4 Å². The van der Waals surface area contributed by atoms with Crippen LogP contribution in [0, 0.1) is 11.7 Å². The lowest BCUT2D eigenvalue weighted by molar-refractivity contribution is -0.143. The van der Waals surface area contributed by atoms with E-state index in [1.165, 1.54) is 6.07 Å². The number of amides is 1. The molecule has 0 aliphatic carbocycles. The van der Waals surface area contributed by atoms with Gasteiger partial charge in [-0.05, 0) is 77.9 Å². The standard InChI is InChI=1S/C34H38ClFN2O6/c1-4-7-12-42-25-10-8-22(9-11-25)32-30(34(40)41)26(23-15-27(36)33-28(16-23)43-19-44-33)17-38(32)18-29(39)37-31-20(5-2)13-24(35)14-21(31)6-3/h8-11,13-16,26,30,32H,4-7,12,17-19H2,1-3H3,(H,37,39)(H,40,41)/t26-,30?,32+/m1/s1. The van der Waals surface area contributed by atoms with Gasteiger partial charge in [0.1, 0.15) is 5.75 Å². The molecule has 3 aromatic rings. The number of anilines is 1. The van der Waals surface area contributed by atoms with Crippen LogP contribution in [0.4, 0.5) is 10.1 Å². The molecule has 44 heavy (non-hydrogen) atoms. The Morgan fingerprint density at radius 2 is 1.75 bits per heavy atom. The molecular formula is C34H38ClFN2O6. The molecule has 2 heterocycles. The van der Waals surface area contributed by atoms with Crippen LogP contribution in [-0.2, 0) is 22.4 Å². The molecule has 2 aliphatic rings. The highest BCUT2D eigenvalue weighted by atomic mass is 35.5. The highest BCUT2D eigenvalue weighted by Crippen LogP contribution is 2.48. The van der Waals surface area contributed by atoms with Crippen molar-refractivity contribution in [3.8, 4) is 17.2 Å². The molecule has 234 valence electrons. The number of carbonyl (C=O) groups excluding carboxylic acids is 1. The zero-order valence-electron chi connectivity index (χ0n) is 25.2. The lowest BCUT2D eigenvalue weighted by Crippen LogP contribution is -2.35. The summed E-state index contributed by atoms with van der Waals surface area (Å²) in [6.45, 7) is 6.72. The number of aryl methyl sites for hydroxylation is 2. The predicted molar refractivity (Wildman–Crippen MR) is 166 cm³/mol. The second-order valence-electron chi connectivity index (χ2n) is 11.2. The van der Waals surface area contributed by atoms with Crippen molar-refractivity contribution >= 4 is 29.2 Å². The zero-order valence-corrected chi connectivity index (χ0v) is 26.0. The molecule has 1 amide bonds. The Hall–Kier alpha value is -3.82. The fraction of sp³-hybridized carbons (Fsp3) is 0.412. The molecule has 3 aromatic carbocycles. The van der Waals surface area contributed by atoms with E-state index >= 15 is 0 Å². The van der Waals surface area contributed by atoms with E-state index in [0.29, 0.717) is 35.8 Å². The number of carboxylic acid groups (broad SMARTS) is 1. The van der Waals surface area contributed by atoms with Gasteiger partial charge >= 0.3 is 5.97 Å². The largest absolute Gasteiger partial charge is 0.494 e. The highest BCUT2D eigenvalue weighted by Gasteiger charge is 2.48. The quantitative estimate of drug-likeness (QED) is 0.210. The van der Waals surface area contributed by atoms with Crippen LogP contribution in [0.5, 0.6) is 17.2 Å². The molecule has 0 radical (unpaired) electrons.